The van der Waals surface area contributed by atoms with E-state index in [2.05, 4.69) is 11.4 Å². The van der Waals surface area contributed by atoms with Crippen molar-refractivity contribution in [2.45, 2.75) is 13.3 Å². The van der Waals surface area contributed by atoms with Crippen molar-refractivity contribution in [3.8, 4) is 11.5 Å². The molecule has 0 heterocycles. The first-order valence-corrected chi connectivity index (χ1v) is 9.81. The third-order valence-electron chi connectivity index (χ3n) is 5.22. The van der Waals surface area contributed by atoms with Crippen LogP contribution in [0.5, 0.6) is 11.5 Å². The number of hydrogen-bond donors (Lipinski definition) is 1. The summed E-state index contributed by atoms with van der Waals surface area (Å²) in [6, 6.07) is 22.2. The van der Waals surface area contributed by atoms with Gasteiger partial charge in [0.2, 0.25) is 5.91 Å². The van der Waals surface area contributed by atoms with Crippen LogP contribution >= 0.6 is 0 Å². The summed E-state index contributed by atoms with van der Waals surface area (Å²) in [5.74, 6) is 1.10. The molecular weight excluding hydrogens is 377 g/mol. The lowest BCUT2D eigenvalue weighted by Crippen LogP contribution is -2.17. The van der Waals surface area contributed by atoms with Crippen LogP contribution in [0.4, 0.5) is 4.39 Å². The molecule has 3 aromatic carbocycles. The van der Waals surface area contributed by atoms with Gasteiger partial charge in [-0.15, -0.1) is 0 Å². The molecule has 0 fully saturated rings. The predicted octanol–water partition coefficient (Wildman–Crippen LogP) is 6.08. The van der Waals surface area contributed by atoms with E-state index < -0.39 is 0 Å². The third kappa shape index (κ3) is 4.03. The van der Waals surface area contributed by atoms with Gasteiger partial charge in [-0.05, 0) is 82.8 Å². The molecule has 1 aliphatic rings. The Morgan fingerprint density at radius 1 is 0.967 bits per heavy atom. The fourth-order valence-electron chi connectivity index (χ4n) is 3.69. The molecule has 0 radical (unpaired) electrons. The van der Waals surface area contributed by atoms with Gasteiger partial charge in [0.1, 0.15) is 17.3 Å². The van der Waals surface area contributed by atoms with Crippen LogP contribution in [0.25, 0.3) is 17.2 Å². The predicted molar refractivity (Wildman–Crippen MR) is 119 cm³/mol. The number of fused-ring (bicyclic) bond motifs is 1. The van der Waals surface area contributed by atoms with Crippen molar-refractivity contribution in [3.05, 3.63) is 101 Å². The molecule has 0 spiro atoms. The van der Waals surface area contributed by atoms with Crippen LogP contribution in [0.3, 0.4) is 0 Å². The Morgan fingerprint density at radius 3 is 2.50 bits per heavy atom. The van der Waals surface area contributed by atoms with Gasteiger partial charge in [0, 0.05) is 7.05 Å². The molecule has 4 heteroatoms. The van der Waals surface area contributed by atoms with Gasteiger partial charge in [-0.25, -0.2) is 4.39 Å². The summed E-state index contributed by atoms with van der Waals surface area (Å²) < 4.78 is 19.9. The maximum atomic E-state index is 13.9. The van der Waals surface area contributed by atoms with Gasteiger partial charge in [-0.3, -0.25) is 4.79 Å². The summed E-state index contributed by atoms with van der Waals surface area (Å²) in [5.41, 5.74) is 5.50. The summed E-state index contributed by atoms with van der Waals surface area (Å²) in [6.45, 7) is 1.98. The summed E-state index contributed by atoms with van der Waals surface area (Å²) >= 11 is 0. The van der Waals surface area contributed by atoms with E-state index in [9.17, 15) is 9.18 Å². The molecule has 3 aromatic rings. The third-order valence-corrected chi connectivity index (χ3v) is 5.22. The second-order valence-electron chi connectivity index (χ2n) is 7.19. The number of rotatable bonds is 5. The Hall–Kier alpha value is -3.66. The Bertz CT molecular complexity index is 1160. The van der Waals surface area contributed by atoms with E-state index in [1.807, 2.05) is 61.5 Å². The molecule has 0 atom stereocenters. The van der Waals surface area contributed by atoms with Crippen molar-refractivity contribution in [3.63, 3.8) is 0 Å². The number of carbonyl (C=O) groups excluding carboxylic acids is 1. The number of carbonyl (C=O) groups is 1. The highest BCUT2D eigenvalue weighted by atomic mass is 19.1. The molecule has 0 unspecified atom stereocenters. The van der Waals surface area contributed by atoms with E-state index in [0.717, 1.165) is 44.9 Å². The van der Waals surface area contributed by atoms with E-state index in [-0.39, 0.29) is 18.1 Å². The molecule has 30 heavy (non-hydrogen) atoms. The lowest BCUT2D eigenvalue weighted by atomic mass is 10.0. The van der Waals surface area contributed by atoms with Gasteiger partial charge in [0.05, 0.1) is 6.42 Å². The Kier molecular flexibility index (Phi) is 5.48. The van der Waals surface area contributed by atoms with Crippen molar-refractivity contribution >= 4 is 23.1 Å². The smallest absolute Gasteiger partial charge is 0.224 e. The minimum atomic E-state index is -0.310. The molecule has 1 aliphatic carbocycles. The van der Waals surface area contributed by atoms with Crippen LogP contribution in [0.2, 0.25) is 0 Å². The number of benzene rings is 3. The van der Waals surface area contributed by atoms with E-state index >= 15 is 0 Å². The Balaban J connectivity index is 1.72. The van der Waals surface area contributed by atoms with Gasteiger partial charge in [-0.2, -0.15) is 0 Å². The van der Waals surface area contributed by atoms with Crippen LogP contribution < -0.4 is 10.1 Å². The number of amides is 1. The molecule has 0 saturated carbocycles. The molecule has 0 aromatic heterocycles. The van der Waals surface area contributed by atoms with Crippen molar-refractivity contribution in [1.82, 2.24) is 5.32 Å². The lowest BCUT2D eigenvalue weighted by Gasteiger charge is -2.08. The summed E-state index contributed by atoms with van der Waals surface area (Å²) in [7, 11) is 1.61. The molecule has 4 rings (SSSR count). The molecule has 1 amide bonds. The maximum absolute atomic E-state index is 13.9. The van der Waals surface area contributed by atoms with Crippen LogP contribution in [-0.2, 0) is 4.79 Å². The minimum Gasteiger partial charge on any atom is -0.457 e. The normalized spacial score (nSPS) is 14.0. The quantitative estimate of drug-likeness (QED) is 0.564. The van der Waals surface area contributed by atoms with Crippen LogP contribution in [0.1, 0.15) is 30.0 Å². The molecule has 0 bridgehead atoms. The topological polar surface area (TPSA) is 38.3 Å². The number of hydrogen-bond acceptors (Lipinski definition) is 2. The van der Waals surface area contributed by atoms with Crippen molar-refractivity contribution in [1.29, 1.82) is 0 Å². The Labute approximate surface area is 175 Å². The van der Waals surface area contributed by atoms with E-state index in [4.69, 9.17) is 4.74 Å². The van der Waals surface area contributed by atoms with Crippen molar-refractivity contribution in [2.75, 3.05) is 7.05 Å². The second-order valence-corrected chi connectivity index (χ2v) is 7.19. The molecule has 3 nitrogen and oxygen atoms in total. The summed E-state index contributed by atoms with van der Waals surface area (Å²) in [4.78, 5) is 12.0. The monoisotopic (exact) mass is 399 g/mol. The minimum absolute atomic E-state index is 0.0981. The maximum Gasteiger partial charge on any atom is 0.224 e. The average Bonchev–Trinajstić information content (AvgIpc) is 3.00. The Morgan fingerprint density at radius 2 is 1.73 bits per heavy atom. The average molecular weight is 399 g/mol. The van der Waals surface area contributed by atoms with Crippen LogP contribution in [0, 0.1) is 5.82 Å². The van der Waals surface area contributed by atoms with E-state index in [1.54, 1.807) is 13.1 Å². The molecule has 0 aliphatic heterocycles. The molecule has 0 saturated heterocycles. The number of allylic oxidation sites excluding steroid dienone is 2. The fraction of sp³-hybridized carbons (Fsp3) is 0.115. The standard InChI is InChI=1S/C26H22FNO2/c1-17-23(22-12-11-19(27)15-25(22)24(17)16-26(29)28-2)14-18-7-6-10-21(13-18)30-20-8-4-3-5-9-20/h3-15H,16H2,1-2H3,(H,28,29)/b23-14-. The van der Waals surface area contributed by atoms with Gasteiger partial charge < -0.3 is 10.1 Å². The SMILES string of the molecule is CNC(=O)CC1=C(C)/C(=C/c2cccc(Oc3ccccc3)c2)c2ccc(F)cc21. The van der Waals surface area contributed by atoms with Gasteiger partial charge in [0.25, 0.3) is 0 Å². The summed E-state index contributed by atoms with van der Waals surface area (Å²) in [6.07, 6.45) is 2.27. The highest BCUT2D eigenvalue weighted by Gasteiger charge is 2.25. The first-order valence-electron chi connectivity index (χ1n) is 9.81. The van der Waals surface area contributed by atoms with Crippen LogP contribution in [-0.4, -0.2) is 13.0 Å². The zero-order chi connectivity index (χ0) is 21.1. The molecule has 150 valence electrons. The zero-order valence-corrected chi connectivity index (χ0v) is 16.9. The zero-order valence-electron chi connectivity index (χ0n) is 16.9. The number of para-hydroxylation sites is 1. The molecular formula is C26H22FNO2. The van der Waals surface area contributed by atoms with Gasteiger partial charge >= 0.3 is 0 Å². The second kappa shape index (κ2) is 8.37. The largest absolute Gasteiger partial charge is 0.457 e. The van der Waals surface area contributed by atoms with Crippen molar-refractivity contribution in [2.24, 2.45) is 0 Å². The fourth-order valence-corrected chi connectivity index (χ4v) is 3.69. The van der Waals surface area contributed by atoms with Gasteiger partial charge in [-0.1, -0.05) is 36.4 Å². The van der Waals surface area contributed by atoms with E-state index in [1.165, 1.54) is 12.1 Å². The van der Waals surface area contributed by atoms with Gasteiger partial charge in [0.15, 0.2) is 0 Å². The van der Waals surface area contributed by atoms with Crippen LogP contribution in [0.15, 0.2) is 78.4 Å². The van der Waals surface area contributed by atoms with Crippen molar-refractivity contribution < 1.29 is 13.9 Å². The van der Waals surface area contributed by atoms with E-state index in [0.29, 0.717) is 0 Å². The lowest BCUT2D eigenvalue weighted by molar-refractivity contribution is -0.119. The first-order chi connectivity index (χ1) is 14.5. The summed E-state index contributed by atoms with van der Waals surface area (Å²) in [5, 5.41) is 2.65. The number of nitrogens with one attached hydrogen (secondary N) is 1. The highest BCUT2D eigenvalue weighted by molar-refractivity contribution is 6.08. The first kappa shape index (κ1) is 19.6. The number of halogens is 1. The molecule has 1 N–H and O–H groups in total. The number of ether oxygens (including phenoxy) is 1. The highest BCUT2D eigenvalue weighted by Crippen LogP contribution is 2.44.